The molecule has 0 aliphatic heterocycles. The first-order chi connectivity index (χ1) is 10.8. The van der Waals surface area contributed by atoms with E-state index in [0.717, 1.165) is 19.4 Å². The van der Waals surface area contributed by atoms with Gasteiger partial charge < -0.3 is 4.74 Å². The summed E-state index contributed by atoms with van der Waals surface area (Å²) in [6.07, 6.45) is 9.60. The minimum absolute atomic E-state index is 0.109. The Morgan fingerprint density at radius 3 is 2.36 bits per heavy atom. The van der Waals surface area contributed by atoms with E-state index >= 15 is 0 Å². The number of hydrogen-bond donors (Lipinski definition) is 0. The molecule has 0 spiro atoms. The van der Waals surface area contributed by atoms with Crippen LogP contribution in [0.2, 0.25) is 0 Å². The van der Waals surface area contributed by atoms with Gasteiger partial charge in [-0.15, -0.1) is 0 Å². The highest BCUT2D eigenvalue weighted by Crippen LogP contribution is 2.21. The molecule has 1 aliphatic carbocycles. The minimum atomic E-state index is -0.196. The van der Waals surface area contributed by atoms with Crippen LogP contribution in [0, 0.1) is 0 Å². The van der Waals surface area contributed by atoms with Crippen LogP contribution in [0.4, 0.5) is 0 Å². The van der Waals surface area contributed by atoms with E-state index in [9.17, 15) is 4.79 Å². The van der Waals surface area contributed by atoms with E-state index in [1.54, 1.807) is 0 Å². The number of carbonyl (C=O) groups is 1. The minimum Gasteiger partial charge on any atom is -0.459 e. The van der Waals surface area contributed by atoms with Gasteiger partial charge in [0, 0.05) is 17.7 Å². The Morgan fingerprint density at radius 2 is 1.68 bits per heavy atom. The molecule has 3 nitrogen and oxygen atoms in total. The number of rotatable bonds is 4. The van der Waals surface area contributed by atoms with Crippen LogP contribution in [0.15, 0.2) is 54.9 Å². The fourth-order valence-electron chi connectivity index (χ4n) is 2.90. The zero-order chi connectivity index (χ0) is 15.2. The van der Waals surface area contributed by atoms with E-state index < -0.39 is 0 Å². The van der Waals surface area contributed by atoms with Crippen molar-refractivity contribution in [2.45, 2.75) is 44.8 Å². The average Bonchev–Trinajstić information content (AvgIpc) is 2.57. The second kappa shape index (κ2) is 7.21. The van der Waals surface area contributed by atoms with Gasteiger partial charge in [0.25, 0.3) is 0 Å². The molecule has 2 aromatic rings. The van der Waals surface area contributed by atoms with Crippen molar-refractivity contribution in [2.24, 2.45) is 0 Å². The van der Waals surface area contributed by atoms with Crippen LogP contribution in [-0.4, -0.2) is 12.1 Å². The number of esters is 1. The highest BCUT2D eigenvalue weighted by atomic mass is 16.5. The molecule has 3 heteroatoms. The molecule has 0 N–H and O–H groups in total. The third-order valence-corrected chi connectivity index (χ3v) is 4.16. The Kier molecular flexibility index (Phi) is 4.84. The highest BCUT2D eigenvalue weighted by molar-refractivity contribution is 5.89. The van der Waals surface area contributed by atoms with Gasteiger partial charge in [-0.25, -0.2) is 9.36 Å². The molecule has 0 atom stereocenters. The molecule has 0 amide bonds. The Balaban J connectivity index is 1.59. The topological polar surface area (TPSA) is 30.2 Å². The summed E-state index contributed by atoms with van der Waals surface area (Å²) in [6.45, 7) is 0.804. The molecule has 0 bridgehead atoms. The maximum atomic E-state index is 12.2. The van der Waals surface area contributed by atoms with Gasteiger partial charge in [0.1, 0.15) is 6.10 Å². The molecule has 1 heterocycles. The van der Waals surface area contributed by atoms with Gasteiger partial charge in [0.2, 0.25) is 0 Å². The van der Waals surface area contributed by atoms with Crippen molar-refractivity contribution in [3.8, 4) is 0 Å². The number of ether oxygens (including phenoxy) is 1. The maximum Gasteiger partial charge on any atom is 0.338 e. The van der Waals surface area contributed by atoms with Gasteiger partial charge in [-0.05, 0) is 25.7 Å². The molecule has 1 fully saturated rings. The van der Waals surface area contributed by atoms with Crippen LogP contribution >= 0.6 is 0 Å². The van der Waals surface area contributed by atoms with Gasteiger partial charge >= 0.3 is 5.97 Å². The molecule has 22 heavy (non-hydrogen) atoms. The summed E-state index contributed by atoms with van der Waals surface area (Å²) < 4.78 is 7.65. The number of pyridine rings is 1. The zero-order valence-corrected chi connectivity index (χ0v) is 12.8. The van der Waals surface area contributed by atoms with Crippen molar-refractivity contribution in [3.63, 3.8) is 0 Å². The van der Waals surface area contributed by atoms with Gasteiger partial charge in [-0.3, -0.25) is 0 Å². The fraction of sp³-hybridized carbons (Fsp3) is 0.368. The molecule has 114 valence electrons. The molecular formula is C19H22NO2+. The summed E-state index contributed by atoms with van der Waals surface area (Å²) in [5, 5.41) is 0. The Morgan fingerprint density at radius 1 is 1.00 bits per heavy atom. The Bertz CT molecular complexity index is 601. The summed E-state index contributed by atoms with van der Waals surface area (Å²) in [5.74, 6) is -0.196. The second-order valence-corrected chi connectivity index (χ2v) is 5.91. The fourth-order valence-corrected chi connectivity index (χ4v) is 2.90. The van der Waals surface area contributed by atoms with Crippen molar-refractivity contribution in [1.29, 1.82) is 0 Å². The van der Waals surface area contributed by atoms with Crippen LogP contribution < -0.4 is 4.57 Å². The van der Waals surface area contributed by atoms with Crippen LogP contribution in [0.1, 0.15) is 48.0 Å². The number of aromatic nitrogens is 1. The molecule has 0 unspecified atom stereocenters. The van der Waals surface area contributed by atoms with E-state index in [0.29, 0.717) is 5.56 Å². The largest absolute Gasteiger partial charge is 0.459 e. The van der Waals surface area contributed by atoms with Crippen molar-refractivity contribution in [2.75, 3.05) is 0 Å². The summed E-state index contributed by atoms with van der Waals surface area (Å²) >= 11 is 0. The van der Waals surface area contributed by atoms with E-state index in [1.807, 2.05) is 42.7 Å². The molecule has 1 saturated carbocycles. The lowest BCUT2D eigenvalue weighted by molar-refractivity contribution is -0.688. The lowest BCUT2D eigenvalue weighted by Crippen LogP contribution is -2.33. The van der Waals surface area contributed by atoms with Crippen molar-refractivity contribution in [1.82, 2.24) is 0 Å². The molecule has 0 saturated heterocycles. The Labute approximate surface area is 131 Å². The van der Waals surface area contributed by atoms with E-state index in [-0.39, 0.29) is 12.1 Å². The number of nitrogens with zero attached hydrogens (tertiary/aromatic N) is 1. The average molecular weight is 296 g/mol. The lowest BCUT2D eigenvalue weighted by Gasteiger charge is -2.21. The predicted molar refractivity (Wildman–Crippen MR) is 84.5 cm³/mol. The maximum absolute atomic E-state index is 12.2. The normalized spacial score (nSPS) is 15.5. The molecule has 1 aliphatic rings. The summed E-state index contributed by atoms with van der Waals surface area (Å²) in [4.78, 5) is 12.2. The molecule has 0 radical (unpaired) electrons. The van der Waals surface area contributed by atoms with Gasteiger partial charge in [-0.2, -0.15) is 0 Å². The van der Waals surface area contributed by atoms with E-state index in [4.69, 9.17) is 4.74 Å². The van der Waals surface area contributed by atoms with Crippen LogP contribution in [-0.2, 0) is 11.3 Å². The van der Waals surface area contributed by atoms with Crippen molar-refractivity contribution < 1.29 is 14.1 Å². The third kappa shape index (κ3) is 3.94. The Hall–Kier alpha value is -2.16. The predicted octanol–water partition coefficient (Wildman–Crippen LogP) is 3.51. The second-order valence-electron chi connectivity index (χ2n) is 5.91. The van der Waals surface area contributed by atoms with E-state index in [2.05, 4.69) is 16.7 Å². The SMILES string of the molecule is O=C(OC1CCCCC1)c1cc[n+](Cc2ccccc2)cc1. The molecule has 1 aromatic heterocycles. The van der Waals surface area contributed by atoms with Gasteiger partial charge in [0.05, 0.1) is 5.56 Å². The van der Waals surface area contributed by atoms with Gasteiger partial charge in [-0.1, -0.05) is 36.8 Å². The van der Waals surface area contributed by atoms with Crippen LogP contribution in [0.3, 0.4) is 0 Å². The molecular weight excluding hydrogens is 274 g/mol. The van der Waals surface area contributed by atoms with Crippen molar-refractivity contribution in [3.05, 3.63) is 66.0 Å². The monoisotopic (exact) mass is 296 g/mol. The summed E-state index contributed by atoms with van der Waals surface area (Å²) in [5.41, 5.74) is 1.87. The quantitative estimate of drug-likeness (QED) is 0.638. The first-order valence-electron chi connectivity index (χ1n) is 8.05. The van der Waals surface area contributed by atoms with E-state index in [1.165, 1.54) is 24.8 Å². The smallest absolute Gasteiger partial charge is 0.338 e. The third-order valence-electron chi connectivity index (χ3n) is 4.16. The standard InChI is InChI=1S/C19H22NO2/c21-19(22-18-9-5-2-6-10-18)17-11-13-20(14-12-17)15-16-7-3-1-4-8-16/h1,3-4,7-8,11-14,18H,2,5-6,9-10,15H2/q+1. The highest BCUT2D eigenvalue weighted by Gasteiger charge is 2.19. The number of carbonyl (C=O) groups excluding carboxylic acids is 1. The van der Waals surface area contributed by atoms with Crippen LogP contribution in [0.5, 0.6) is 0 Å². The summed E-state index contributed by atoms with van der Waals surface area (Å²) in [6, 6.07) is 14.0. The van der Waals surface area contributed by atoms with Crippen LogP contribution in [0.25, 0.3) is 0 Å². The summed E-state index contributed by atoms with van der Waals surface area (Å²) in [7, 11) is 0. The molecule has 1 aromatic carbocycles. The first-order valence-corrected chi connectivity index (χ1v) is 8.05. The van der Waals surface area contributed by atoms with Crippen molar-refractivity contribution >= 4 is 5.97 Å². The van der Waals surface area contributed by atoms with Gasteiger partial charge in [0.15, 0.2) is 18.9 Å². The lowest BCUT2D eigenvalue weighted by atomic mass is 9.98. The number of hydrogen-bond acceptors (Lipinski definition) is 2. The number of benzene rings is 1. The molecule has 3 rings (SSSR count). The zero-order valence-electron chi connectivity index (χ0n) is 12.8. The first kappa shape index (κ1) is 14.8.